The highest BCUT2D eigenvalue weighted by Gasteiger charge is 2.26. The van der Waals surface area contributed by atoms with Crippen molar-refractivity contribution in [3.63, 3.8) is 0 Å². The van der Waals surface area contributed by atoms with Crippen LogP contribution < -0.4 is 5.32 Å². The first-order valence-electron chi connectivity index (χ1n) is 8.30. The fourth-order valence-electron chi connectivity index (χ4n) is 2.31. The van der Waals surface area contributed by atoms with Crippen molar-refractivity contribution in [3.05, 3.63) is 40.4 Å². The van der Waals surface area contributed by atoms with E-state index in [2.05, 4.69) is 10.3 Å². The molecule has 0 unspecified atom stereocenters. The van der Waals surface area contributed by atoms with E-state index in [1.165, 1.54) is 39.9 Å². The van der Waals surface area contributed by atoms with Crippen LogP contribution in [0.2, 0.25) is 5.02 Å². The molecule has 1 N–H and O–H groups in total. The molecule has 0 saturated carbocycles. The van der Waals surface area contributed by atoms with Gasteiger partial charge in [-0.25, -0.2) is 13.4 Å². The van der Waals surface area contributed by atoms with Crippen LogP contribution in [0, 0.1) is 6.92 Å². The maximum absolute atomic E-state index is 12.9. The largest absolute Gasteiger partial charge is 0.301 e. The summed E-state index contributed by atoms with van der Waals surface area (Å²) in [5.41, 5.74) is 0.805. The SMILES string of the molecule is CCCCCN(CC(=O)Nc1nc(C)cs1)S(=O)(=O)c1ccc(Cl)cc1. The Hall–Kier alpha value is -1.48. The lowest BCUT2D eigenvalue weighted by molar-refractivity contribution is -0.116. The van der Waals surface area contributed by atoms with E-state index >= 15 is 0 Å². The summed E-state index contributed by atoms with van der Waals surface area (Å²) in [6.45, 7) is 3.89. The minimum absolute atomic E-state index is 0.122. The summed E-state index contributed by atoms with van der Waals surface area (Å²) in [4.78, 5) is 16.6. The van der Waals surface area contributed by atoms with E-state index in [9.17, 15) is 13.2 Å². The summed E-state index contributed by atoms with van der Waals surface area (Å²) in [5, 5.41) is 5.40. The second-order valence-electron chi connectivity index (χ2n) is 5.84. The molecule has 0 spiro atoms. The minimum Gasteiger partial charge on any atom is -0.301 e. The molecular formula is C17H22ClN3O3S2. The smallest absolute Gasteiger partial charge is 0.243 e. The van der Waals surface area contributed by atoms with E-state index in [0.717, 1.165) is 18.5 Å². The molecule has 0 aliphatic rings. The lowest BCUT2D eigenvalue weighted by Crippen LogP contribution is -2.38. The molecule has 9 heteroatoms. The van der Waals surface area contributed by atoms with Crippen LogP contribution in [0.5, 0.6) is 0 Å². The van der Waals surface area contributed by atoms with Crippen LogP contribution in [0.4, 0.5) is 5.13 Å². The normalized spacial score (nSPS) is 11.7. The highest BCUT2D eigenvalue weighted by molar-refractivity contribution is 7.89. The van der Waals surface area contributed by atoms with E-state index in [4.69, 9.17) is 11.6 Å². The first-order chi connectivity index (χ1) is 12.3. The zero-order valence-electron chi connectivity index (χ0n) is 14.7. The van der Waals surface area contributed by atoms with Crippen LogP contribution in [-0.2, 0) is 14.8 Å². The predicted octanol–water partition coefficient (Wildman–Crippen LogP) is 3.92. The molecule has 142 valence electrons. The Kier molecular flexibility index (Phi) is 7.57. The number of nitrogens with one attached hydrogen (secondary N) is 1. The summed E-state index contributed by atoms with van der Waals surface area (Å²) >= 11 is 7.15. The van der Waals surface area contributed by atoms with Gasteiger partial charge in [-0.1, -0.05) is 31.4 Å². The molecular weight excluding hydrogens is 394 g/mol. The third-order valence-corrected chi connectivity index (χ3v) is 6.63. The lowest BCUT2D eigenvalue weighted by Gasteiger charge is -2.21. The van der Waals surface area contributed by atoms with Crippen LogP contribution in [0.1, 0.15) is 31.9 Å². The molecule has 0 saturated heterocycles. The number of carbonyl (C=O) groups excluding carboxylic acids is 1. The Morgan fingerprint density at radius 1 is 1.27 bits per heavy atom. The Morgan fingerprint density at radius 2 is 1.96 bits per heavy atom. The molecule has 26 heavy (non-hydrogen) atoms. The van der Waals surface area contributed by atoms with Gasteiger partial charge in [0.05, 0.1) is 17.1 Å². The van der Waals surface area contributed by atoms with Crippen molar-refractivity contribution >= 4 is 44.0 Å². The number of nitrogens with zero attached hydrogens (tertiary/aromatic N) is 2. The van der Waals surface area contributed by atoms with Crippen molar-refractivity contribution < 1.29 is 13.2 Å². The summed E-state index contributed by atoms with van der Waals surface area (Å²) in [6, 6.07) is 5.95. The van der Waals surface area contributed by atoms with E-state index in [-0.39, 0.29) is 18.0 Å². The number of anilines is 1. The summed E-state index contributed by atoms with van der Waals surface area (Å²) in [5.74, 6) is -0.409. The van der Waals surface area contributed by atoms with Gasteiger partial charge in [-0.15, -0.1) is 11.3 Å². The Bertz CT molecular complexity index is 835. The number of thiazole rings is 1. The number of sulfonamides is 1. The number of unbranched alkanes of at least 4 members (excludes halogenated alkanes) is 2. The second kappa shape index (κ2) is 9.45. The number of hydrogen-bond acceptors (Lipinski definition) is 5. The topological polar surface area (TPSA) is 79.4 Å². The molecule has 1 amide bonds. The zero-order valence-corrected chi connectivity index (χ0v) is 17.1. The zero-order chi connectivity index (χ0) is 19.2. The summed E-state index contributed by atoms with van der Waals surface area (Å²) in [6.07, 6.45) is 2.53. The highest BCUT2D eigenvalue weighted by Crippen LogP contribution is 2.20. The average Bonchev–Trinajstić information content (AvgIpc) is 2.99. The van der Waals surface area contributed by atoms with E-state index in [1.54, 1.807) is 0 Å². The molecule has 0 aliphatic carbocycles. The summed E-state index contributed by atoms with van der Waals surface area (Å²) < 4.78 is 27.0. The van der Waals surface area contributed by atoms with Crippen molar-refractivity contribution in [3.8, 4) is 0 Å². The second-order valence-corrected chi connectivity index (χ2v) is 9.07. The number of carbonyl (C=O) groups is 1. The average molecular weight is 416 g/mol. The molecule has 0 bridgehead atoms. The molecule has 2 rings (SSSR count). The molecule has 1 aromatic carbocycles. The van der Waals surface area contributed by atoms with Gasteiger partial charge in [0.15, 0.2) is 5.13 Å². The Balaban J connectivity index is 2.15. The fraction of sp³-hybridized carbons (Fsp3) is 0.412. The van der Waals surface area contributed by atoms with Gasteiger partial charge >= 0.3 is 0 Å². The number of rotatable bonds is 9. The van der Waals surface area contributed by atoms with Gasteiger partial charge < -0.3 is 5.32 Å². The Labute approximate surface area is 163 Å². The molecule has 0 radical (unpaired) electrons. The maximum atomic E-state index is 12.9. The summed E-state index contributed by atoms with van der Waals surface area (Å²) in [7, 11) is -3.78. The fourth-order valence-corrected chi connectivity index (χ4v) is 4.57. The predicted molar refractivity (Wildman–Crippen MR) is 105 cm³/mol. The van der Waals surface area contributed by atoms with Crippen LogP contribution in [0.15, 0.2) is 34.5 Å². The first-order valence-corrected chi connectivity index (χ1v) is 11.0. The van der Waals surface area contributed by atoms with E-state index in [1.807, 2.05) is 19.2 Å². The van der Waals surface area contributed by atoms with Gasteiger partial charge in [0.25, 0.3) is 0 Å². The highest BCUT2D eigenvalue weighted by atomic mass is 35.5. The Morgan fingerprint density at radius 3 is 2.54 bits per heavy atom. The van der Waals surface area contributed by atoms with Gasteiger partial charge in [0.1, 0.15) is 0 Å². The molecule has 1 heterocycles. The van der Waals surface area contributed by atoms with Crippen LogP contribution in [0.25, 0.3) is 0 Å². The number of aryl methyl sites for hydroxylation is 1. The van der Waals surface area contributed by atoms with Gasteiger partial charge in [-0.2, -0.15) is 4.31 Å². The standard InChI is InChI=1S/C17H22ClN3O3S2/c1-3-4-5-10-21(11-16(22)20-17-19-13(2)12-25-17)26(23,24)15-8-6-14(18)7-9-15/h6-9,12H,3-5,10-11H2,1-2H3,(H,19,20,22). The molecule has 1 aromatic heterocycles. The quantitative estimate of drug-likeness (QED) is 0.629. The molecule has 2 aromatic rings. The van der Waals surface area contributed by atoms with Crippen molar-refractivity contribution in [2.75, 3.05) is 18.4 Å². The molecule has 0 atom stereocenters. The number of amides is 1. The van der Waals surface area contributed by atoms with Crippen molar-refractivity contribution in [2.45, 2.75) is 38.0 Å². The van der Waals surface area contributed by atoms with Crippen molar-refractivity contribution in [2.24, 2.45) is 0 Å². The van der Waals surface area contributed by atoms with Crippen molar-refractivity contribution in [1.82, 2.24) is 9.29 Å². The van der Waals surface area contributed by atoms with Crippen LogP contribution in [0.3, 0.4) is 0 Å². The van der Waals surface area contributed by atoms with Gasteiger partial charge in [-0.05, 0) is 37.6 Å². The third-order valence-electron chi connectivity index (χ3n) is 3.65. The molecule has 0 aliphatic heterocycles. The monoisotopic (exact) mass is 415 g/mol. The maximum Gasteiger partial charge on any atom is 0.243 e. The van der Waals surface area contributed by atoms with Gasteiger partial charge in [0, 0.05) is 16.9 Å². The van der Waals surface area contributed by atoms with Crippen LogP contribution >= 0.6 is 22.9 Å². The number of halogens is 1. The van der Waals surface area contributed by atoms with Crippen LogP contribution in [-0.4, -0.2) is 36.7 Å². The van der Waals surface area contributed by atoms with Gasteiger partial charge in [-0.3, -0.25) is 4.79 Å². The molecule has 6 nitrogen and oxygen atoms in total. The first kappa shape index (κ1) is 20.8. The lowest BCUT2D eigenvalue weighted by atomic mass is 10.2. The third kappa shape index (κ3) is 5.77. The number of hydrogen-bond donors (Lipinski definition) is 1. The van der Waals surface area contributed by atoms with E-state index in [0.29, 0.717) is 16.6 Å². The molecule has 0 fully saturated rings. The minimum atomic E-state index is -3.78. The van der Waals surface area contributed by atoms with Crippen molar-refractivity contribution in [1.29, 1.82) is 0 Å². The van der Waals surface area contributed by atoms with E-state index < -0.39 is 15.9 Å². The van der Waals surface area contributed by atoms with Gasteiger partial charge in [0.2, 0.25) is 15.9 Å². The number of benzene rings is 1. The number of aromatic nitrogens is 1.